The molecule has 0 saturated carbocycles. The number of hydrogen-bond acceptors (Lipinski definition) is 2. The topological polar surface area (TPSA) is 35.8 Å². The molecule has 0 atom stereocenters. The molecule has 0 unspecified atom stereocenters. The fraction of sp³-hybridized carbons (Fsp3) is 0.0714. The maximum Gasteiger partial charge on any atom is 0.141 e. The van der Waals surface area contributed by atoms with Gasteiger partial charge in [-0.2, -0.15) is 5.26 Å². The van der Waals surface area contributed by atoms with Gasteiger partial charge in [0.25, 0.3) is 0 Å². The molecule has 0 fully saturated rings. The van der Waals surface area contributed by atoms with Crippen LogP contribution < -0.4 is 5.32 Å². The SMILES string of the molecule is N#Cc1ccc(NCc2ccc(F)c(Cl)c2)cc1. The van der Waals surface area contributed by atoms with Crippen LogP contribution in [0.15, 0.2) is 42.5 Å². The van der Waals surface area contributed by atoms with Gasteiger partial charge in [0.1, 0.15) is 5.82 Å². The van der Waals surface area contributed by atoms with Crippen molar-refractivity contribution in [2.75, 3.05) is 5.32 Å². The molecule has 0 aromatic heterocycles. The zero-order valence-electron chi connectivity index (χ0n) is 9.45. The van der Waals surface area contributed by atoms with Crippen molar-refractivity contribution < 1.29 is 4.39 Å². The summed E-state index contributed by atoms with van der Waals surface area (Å²) in [5.41, 5.74) is 2.41. The number of nitrogens with zero attached hydrogens (tertiary/aromatic N) is 1. The van der Waals surface area contributed by atoms with Crippen molar-refractivity contribution >= 4 is 17.3 Å². The predicted molar refractivity (Wildman–Crippen MR) is 69.9 cm³/mol. The smallest absolute Gasteiger partial charge is 0.141 e. The molecule has 0 heterocycles. The Morgan fingerprint density at radius 3 is 2.50 bits per heavy atom. The van der Waals surface area contributed by atoms with Crippen LogP contribution in [0.3, 0.4) is 0 Å². The van der Waals surface area contributed by atoms with E-state index in [2.05, 4.69) is 11.4 Å². The minimum atomic E-state index is -0.418. The monoisotopic (exact) mass is 260 g/mol. The average molecular weight is 261 g/mol. The lowest BCUT2D eigenvalue weighted by atomic mass is 10.2. The maximum atomic E-state index is 13.0. The Morgan fingerprint density at radius 2 is 1.89 bits per heavy atom. The lowest BCUT2D eigenvalue weighted by molar-refractivity contribution is 0.627. The summed E-state index contributed by atoms with van der Waals surface area (Å²) >= 11 is 5.70. The van der Waals surface area contributed by atoms with Gasteiger partial charge in [0.05, 0.1) is 16.7 Å². The minimum Gasteiger partial charge on any atom is -0.381 e. The Bertz CT molecular complexity index is 588. The van der Waals surface area contributed by atoms with Crippen LogP contribution in [0.1, 0.15) is 11.1 Å². The quantitative estimate of drug-likeness (QED) is 0.907. The van der Waals surface area contributed by atoms with Crippen LogP contribution in [0.2, 0.25) is 5.02 Å². The van der Waals surface area contributed by atoms with E-state index in [1.54, 1.807) is 24.3 Å². The second-order valence-corrected chi connectivity index (χ2v) is 4.20. The van der Waals surface area contributed by atoms with Crippen molar-refractivity contribution in [3.05, 3.63) is 64.4 Å². The first-order chi connectivity index (χ1) is 8.69. The van der Waals surface area contributed by atoms with Crippen molar-refractivity contribution in [3.63, 3.8) is 0 Å². The van der Waals surface area contributed by atoms with Crippen LogP contribution in [0.5, 0.6) is 0 Å². The van der Waals surface area contributed by atoms with E-state index in [1.165, 1.54) is 6.07 Å². The lowest BCUT2D eigenvalue weighted by Crippen LogP contribution is -1.99. The molecular weight excluding hydrogens is 251 g/mol. The Hall–Kier alpha value is -2.05. The lowest BCUT2D eigenvalue weighted by Gasteiger charge is -2.07. The number of rotatable bonds is 3. The third-order valence-electron chi connectivity index (χ3n) is 2.49. The first kappa shape index (κ1) is 12.4. The van der Waals surface area contributed by atoms with Gasteiger partial charge in [-0.1, -0.05) is 17.7 Å². The molecule has 2 aromatic carbocycles. The summed E-state index contributed by atoms with van der Waals surface area (Å²) < 4.78 is 13.0. The van der Waals surface area contributed by atoms with Gasteiger partial charge >= 0.3 is 0 Å². The van der Waals surface area contributed by atoms with E-state index >= 15 is 0 Å². The highest BCUT2D eigenvalue weighted by Crippen LogP contribution is 2.17. The van der Waals surface area contributed by atoms with Crippen LogP contribution >= 0.6 is 11.6 Å². The van der Waals surface area contributed by atoms with Crippen molar-refractivity contribution in [1.29, 1.82) is 5.26 Å². The van der Waals surface area contributed by atoms with Crippen LogP contribution in [0.25, 0.3) is 0 Å². The van der Waals surface area contributed by atoms with Gasteiger partial charge in [0.15, 0.2) is 0 Å². The highest BCUT2D eigenvalue weighted by molar-refractivity contribution is 6.30. The van der Waals surface area contributed by atoms with Crippen molar-refractivity contribution in [1.82, 2.24) is 0 Å². The number of nitriles is 1. The number of benzene rings is 2. The van der Waals surface area contributed by atoms with E-state index in [4.69, 9.17) is 16.9 Å². The Balaban J connectivity index is 2.02. The van der Waals surface area contributed by atoms with E-state index in [9.17, 15) is 4.39 Å². The summed E-state index contributed by atoms with van der Waals surface area (Å²) in [6, 6.07) is 13.8. The van der Waals surface area contributed by atoms with Crippen LogP contribution in [0, 0.1) is 17.1 Å². The molecule has 4 heteroatoms. The molecule has 90 valence electrons. The van der Waals surface area contributed by atoms with Gasteiger partial charge in [-0.3, -0.25) is 0 Å². The van der Waals surface area contributed by atoms with Crippen LogP contribution in [-0.2, 0) is 6.54 Å². The van der Waals surface area contributed by atoms with Crippen LogP contribution in [0.4, 0.5) is 10.1 Å². The van der Waals surface area contributed by atoms with E-state index in [1.807, 2.05) is 12.1 Å². The molecule has 0 amide bonds. The van der Waals surface area contributed by atoms with Gasteiger partial charge < -0.3 is 5.32 Å². The zero-order chi connectivity index (χ0) is 13.0. The molecule has 0 aliphatic heterocycles. The van der Waals surface area contributed by atoms with Crippen molar-refractivity contribution in [3.8, 4) is 6.07 Å². The van der Waals surface area contributed by atoms with Gasteiger partial charge in [0.2, 0.25) is 0 Å². The average Bonchev–Trinajstić information content (AvgIpc) is 2.41. The fourth-order valence-corrected chi connectivity index (χ4v) is 1.72. The molecule has 0 bridgehead atoms. The number of nitrogens with one attached hydrogen (secondary N) is 1. The van der Waals surface area contributed by atoms with Crippen molar-refractivity contribution in [2.24, 2.45) is 0 Å². The summed E-state index contributed by atoms with van der Waals surface area (Å²) in [5, 5.41) is 12.0. The van der Waals surface area contributed by atoms with Gasteiger partial charge in [0, 0.05) is 12.2 Å². The third-order valence-corrected chi connectivity index (χ3v) is 2.78. The highest BCUT2D eigenvalue weighted by atomic mass is 35.5. The molecule has 2 nitrogen and oxygen atoms in total. The highest BCUT2D eigenvalue weighted by Gasteiger charge is 2.01. The van der Waals surface area contributed by atoms with E-state index in [0.717, 1.165) is 11.3 Å². The molecule has 0 saturated heterocycles. The largest absolute Gasteiger partial charge is 0.381 e. The minimum absolute atomic E-state index is 0.120. The van der Waals surface area contributed by atoms with E-state index < -0.39 is 5.82 Å². The molecule has 0 spiro atoms. The summed E-state index contributed by atoms with van der Waals surface area (Å²) in [5.74, 6) is -0.418. The molecule has 0 aliphatic carbocycles. The molecule has 0 radical (unpaired) electrons. The second kappa shape index (κ2) is 5.52. The number of halogens is 2. The zero-order valence-corrected chi connectivity index (χ0v) is 10.2. The fourth-order valence-electron chi connectivity index (χ4n) is 1.52. The first-order valence-electron chi connectivity index (χ1n) is 5.37. The van der Waals surface area contributed by atoms with Crippen molar-refractivity contribution in [2.45, 2.75) is 6.54 Å². The Morgan fingerprint density at radius 1 is 1.17 bits per heavy atom. The molecular formula is C14H10ClFN2. The number of hydrogen-bond donors (Lipinski definition) is 1. The van der Waals surface area contributed by atoms with E-state index in [0.29, 0.717) is 12.1 Å². The normalized spacial score (nSPS) is 9.83. The van der Waals surface area contributed by atoms with Gasteiger partial charge in [-0.05, 0) is 42.0 Å². The van der Waals surface area contributed by atoms with Gasteiger partial charge in [-0.25, -0.2) is 4.39 Å². The molecule has 2 rings (SSSR count). The molecule has 1 N–H and O–H groups in total. The second-order valence-electron chi connectivity index (χ2n) is 3.79. The molecule has 2 aromatic rings. The third kappa shape index (κ3) is 2.99. The predicted octanol–water partition coefficient (Wildman–Crippen LogP) is 3.96. The summed E-state index contributed by atoms with van der Waals surface area (Å²) in [4.78, 5) is 0. The molecule has 0 aliphatic rings. The summed E-state index contributed by atoms with van der Waals surface area (Å²) in [7, 11) is 0. The Labute approximate surface area is 110 Å². The van der Waals surface area contributed by atoms with Crippen LogP contribution in [-0.4, -0.2) is 0 Å². The number of anilines is 1. The van der Waals surface area contributed by atoms with E-state index in [-0.39, 0.29) is 5.02 Å². The molecule has 18 heavy (non-hydrogen) atoms. The standard InChI is InChI=1S/C14H10ClFN2/c15-13-7-11(3-6-14(13)16)9-18-12-4-1-10(8-17)2-5-12/h1-7,18H,9H2. The first-order valence-corrected chi connectivity index (χ1v) is 5.75. The summed E-state index contributed by atoms with van der Waals surface area (Å²) in [6.07, 6.45) is 0. The maximum absolute atomic E-state index is 13.0. The summed E-state index contributed by atoms with van der Waals surface area (Å²) in [6.45, 7) is 0.548. The van der Waals surface area contributed by atoms with Gasteiger partial charge in [-0.15, -0.1) is 0 Å². The Kier molecular flexibility index (Phi) is 3.81.